The van der Waals surface area contributed by atoms with Crippen molar-refractivity contribution in [2.75, 3.05) is 11.9 Å². The number of nitrogens with zero attached hydrogens (tertiary/aromatic N) is 1. The van der Waals surface area contributed by atoms with Crippen molar-refractivity contribution in [3.05, 3.63) is 105 Å². The Kier molecular flexibility index (Phi) is 4.72. The second-order valence-electron chi connectivity index (χ2n) is 7.58. The van der Waals surface area contributed by atoms with Gasteiger partial charge in [-0.3, -0.25) is 14.9 Å². The summed E-state index contributed by atoms with van der Waals surface area (Å²) in [6, 6.07) is 21.7. The van der Waals surface area contributed by atoms with Crippen LogP contribution in [-0.2, 0) is 6.42 Å². The molecule has 1 aromatic heterocycles. The largest absolute Gasteiger partial charge is 0.357 e. The van der Waals surface area contributed by atoms with E-state index in [1.54, 1.807) is 0 Å². The molecular formula is C24H20N4O3. The average molecular weight is 412 g/mol. The van der Waals surface area contributed by atoms with Crippen molar-refractivity contribution in [1.82, 2.24) is 10.3 Å². The molecule has 1 unspecified atom stereocenters. The number of carbonyl (C=O) groups is 1. The molecule has 0 spiro atoms. The van der Waals surface area contributed by atoms with Gasteiger partial charge in [-0.25, -0.2) is 0 Å². The Morgan fingerprint density at radius 1 is 1.00 bits per heavy atom. The molecule has 3 N–H and O–H groups in total. The molecule has 0 saturated carbocycles. The SMILES string of the molecule is O=C(Nc1ccc(C2NCCc3c2[nH]c2ccccc32)cc1)c1ccc([N+](=O)[O-])cc1. The van der Waals surface area contributed by atoms with Gasteiger partial charge in [-0.15, -0.1) is 0 Å². The number of H-pyrrole nitrogens is 1. The Hall–Kier alpha value is -3.97. The Morgan fingerprint density at radius 3 is 2.48 bits per heavy atom. The minimum Gasteiger partial charge on any atom is -0.357 e. The minimum atomic E-state index is -0.488. The van der Waals surface area contributed by atoms with Crippen LogP contribution < -0.4 is 10.6 Å². The van der Waals surface area contributed by atoms with Gasteiger partial charge >= 0.3 is 0 Å². The maximum atomic E-state index is 12.4. The summed E-state index contributed by atoms with van der Waals surface area (Å²) in [7, 11) is 0. The molecule has 1 atom stereocenters. The number of hydrogen-bond donors (Lipinski definition) is 3. The van der Waals surface area contributed by atoms with E-state index < -0.39 is 4.92 Å². The van der Waals surface area contributed by atoms with E-state index in [2.05, 4.69) is 33.8 Å². The van der Waals surface area contributed by atoms with Crippen LogP contribution in [0.15, 0.2) is 72.8 Å². The molecule has 7 nitrogen and oxygen atoms in total. The van der Waals surface area contributed by atoms with E-state index in [4.69, 9.17) is 0 Å². The number of hydrogen-bond acceptors (Lipinski definition) is 4. The summed E-state index contributed by atoms with van der Waals surface area (Å²) < 4.78 is 0. The third-order valence-corrected chi connectivity index (χ3v) is 5.70. The number of fused-ring (bicyclic) bond motifs is 3. The van der Waals surface area contributed by atoms with Crippen molar-refractivity contribution in [3.8, 4) is 0 Å². The summed E-state index contributed by atoms with van der Waals surface area (Å²) in [5.74, 6) is -0.309. The molecule has 4 aromatic rings. The fourth-order valence-electron chi connectivity index (χ4n) is 4.16. The van der Waals surface area contributed by atoms with Crippen molar-refractivity contribution in [3.63, 3.8) is 0 Å². The van der Waals surface area contributed by atoms with Crippen molar-refractivity contribution >= 4 is 28.2 Å². The lowest BCUT2D eigenvalue weighted by Gasteiger charge is -2.25. The van der Waals surface area contributed by atoms with Crippen molar-refractivity contribution in [2.24, 2.45) is 0 Å². The molecule has 1 amide bonds. The number of anilines is 1. The second-order valence-corrected chi connectivity index (χ2v) is 7.58. The van der Waals surface area contributed by atoms with Crippen LogP contribution in [-0.4, -0.2) is 22.4 Å². The molecule has 2 heterocycles. The van der Waals surface area contributed by atoms with E-state index in [0.29, 0.717) is 11.3 Å². The van der Waals surface area contributed by atoms with Crippen molar-refractivity contribution < 1.29 is 9.72 Å². The van der Waals surface area contributed by atoms with Gasteiger partial charge in [-0.05, 0) is 47.9 Å². The zero-order valence-electron chi connectivity index (χ0n) is 16.6. The van der Waals surface area contributed by atoms with Crippen molar-refractivity contribution in [1.29, 1.82) is 0 Å². The summed E-state index contributed by atoms with van der Waals surface area (Å²) in [6.45, 7) is 0.901. The quantitative estimate of drug-likeness (QED) is 0.338. The van der Waals surface area contributed by atoms with Crippen LogP contribution in [0.1, 0.15) is 33.2 Å². The van der Waals surface area contributed by atoms with Gasteiger partial charge < -0.3 is 15.6 Å². The third kappa shape index (κ3) is 3.55. The second kappa shape index (κ2) is 7.70. The number of nitro groups is 1. The first-order valence-corrected chi connectivity index (χ1v) is 10.1. The van der Waals surface area contributed by atoms with Crippen LogP contribution in [0.5, 0.6) is 0 Å². The Bertz CT molecular complexity index is 1280. The van der Waals surface area contributed by atoms with Gasteiger partial charge in [0, 0.05) is 46.5 Å². The van der Waals surface area contributed by atoms with Crippen LogP contribution in [0.2, 0.25) is 0 Å². The van der Waals surface area contributed by atoms with Gasteiger partial charge in [0.25, 0.3) is 11.6 Å². The molecule has 0 saturated heterocycles. The molecule has 3 aromatic carbocycles. The van der Waals surface area contributed by atoms with Crippen molar-refractivity contribution in [2.45, 2.75) is 12.5 Å². The van der Waals surface area contributed by atoms with Crippen LogP contribution in [0.4, 0.5) is 11.4 Å². The van der Waals surface area contributed by atoms with E-state index in [9.17, 15) is 14.9 Å². The smallest absolute Gasteiger partial charge is 0.269 e. The Labute approximate surface area is 178 Å². The first kappa shape index (κ1) is 19.0. The fourth-order valence-corrected chi connectivity index (χ4v) is 4.16. The number of aromatic nitrogens is 1. The van der Waals surface area contributed by atoms with E-state index in [0.717, 1.165) is 24.0 Å². The summed E-state index contributed by atoms with van der Waals surface area (Å²) >= 11 is 0. The predicted molar refractivity (Wildman–Crippen MR) is 119 cm³/mol. The lowest BCUT2D eigenvalue weighted by molar-refractivity contribution is -0.384. The van der Waals surface area contributed by atoms with Gasteiger partial charge in [0.2, 0.25) is 0 Å². The summed E-state index contributed by atoms with van der Waals surface area (Å²) in [5.41, 5.74) is 5.79. The Morgan fingerprint density at radius 2 is 1.74 bits per heavy atom. The first-order valence-electron chi connectivity index (χ1n) is 10.1. The number of aromatic amines is 1. The van der Waals surface area contributed by atoms with E-state index in [-0.39, 0.29) is 17.6 Å². The van der Waals surface area contributed by atoms with Crippen LogP contribution >= 0.6 is 0 Å². The highest BCUT2D eigenvalue weighted by atomic mass is 16.6. The lowest BCUT2D eigenvalue weighted by Crippen LogP contribution is -2.30. The maximum Gasteiger partial charge on any atom is 0.269 e. The summed E-state index contributed by atoms with van der Waals surface area (Å²) in [4.78, 5) is 26.3. The zero-order valence-corrected chi connectivity index (χ0v) is 16.6. The molecule has 154 valence electrons. The highest BCUT2D eigenvalue weighted by Crippen LogP contribution is 2.33. The molecule has 1 aliphatic heterocycles. The highest BCUT2D eigenvalue weighted by Gasteiger charge is 2.25. The first-order chi connectivity index (χ1) is 15.1. The maximum absolute atomic E-state index is 12.4. The molecule has 1 aliphatic rings. The molecule has 0 fully saturated rings. The number of nitro benzene ring substituents is 1. The fraction of sp³-hybridized carbons (Fsp3) is 0.125. The number of benzene rings is 3. The Balaban J connectivity index is 1.35. The van der Waals surface area contributed by atoms with E-state index in [1.165, 1.54) is 40.9 Å². The third-order valence-electron chi connectivity index (χ3n) is 5.70. The van der Waals surface area contributed by atoms with E-state index in [1.807, 2.05) is 30.3 Å². The number of carbonyl (C=O) groups excluding carboxylic acids is 1. The molecule has 0 radical (unpaired) electrons. The zero-order chi connectivity index (χ0) is 21.4. The summed E-state index contributed by atoms with van der Waals surface area (Å²) in [6.07, 6.45) is 0.985. The number of rotatable bonds is 4. The topological polar surface area (TPSA) is 100 Å². The van der Waals surface area contributed by atoms with Gasteiger partial charge in [-0.2, -0.15) is 0 Å². The monoisotopic (exact) mass is 412 g/mol. The minimum absolute atomic E-state index is 0.0442. The molecule has 0 bridgehead atoms. The number of amides is 1. The standard InChI is InChI=1S/C24H20N4O3/c29-24(16-7-11-18(12-8-16)28(30)31)26-17-9-5-15(6-10-17)22-23-20(13-14-25-22)19-3-1-2-4-21(19)27-23/h1-12,22,25,27H,13-14H2,(H,26,29). The predicted octanol–water partition coefficient (Wildman–Crippen LogP) is 4.56. The van der Waals surface area contributed by atoms with Gasteiger partial charge in [0.05, 0.1) is 11.0 Å². The normalized spacial score (nSPS) is 15.4. The molecule has 7 heteroatoms. The number of para-hydroxylation sites is 1. The van der Waals surface area contributed by atoms with Gasteiger partial charge in [-0.1, -0.05) is 30.3 Å². The van der Waals surface area contributed by atoms with Crippen LogP contribution in [0.25, 0.3) is 10.9 Å². The molecule has 5 rings (SSSR count). The van der Waals surface area contributed by atoms with Gasteiger partial charge in [0.1, 0.15) is 0 Å². The number of nitrogens with one attached hydrogen (secondary N) is 3. The summed E-state index contributed by atoms with van der Waals surface area (Å²) in [5, 5.41) is 18.5. The molecule has 31 heavy (non-hydrogen) atoms. The van der Waals surface area contributed by atoms with Crippen LogP contribution in [0.3, 0.4) is 0 Å². The lowest BCUT2D eigenvalue weighted by atomic mass is 9.94. The van der Waals surface area contributed by atoms with E-state index >= 15 is 0 Å². The van der Waals surface area contributed by atoms with Crippen LogP contribution in [0, 0.1) is 10.1 Å². The van der Waals surface area contributed by atoms with Gasteiger partial charge in [0.15, 0.2) is 0 Å². The molecular weight excluding hydrogens is 392 g/mol. The average Bonchev–Trinajstić information content (AvgIpc) is 3.18. The number of non-ortho nitro benzene ring substituents is 1. The highest BCUT2D eigenvalue weighted by molar-refractivity contribution is 6.04. The molecule has 0 aliphatic carbocycles.